The number of pyridine rings is 1. The lowest BCUT2D eigenvalue weighted by atomic mass is 9.78. The van der Waals surface area contributed by atoms with Gasteiger partial charge in [-0.25, -0.2) is 0 Å². The van der Waals surface area contributed by atoms with Crippen molar-refractivity contribution in [2.45, 2.75) is 59.0 Å². The number of phenols is 1. The summed E-state index contributed by atoms with van der Waals surface area (Å²) in [5, 5.41) is 24.4. The minimum Gasteiger partial charge on any atom is -0.508 e. The Balaban J connectivity index is 2.00. The molecule has 2 atom stereocenters. The molecule has 4 heteroatoms. The van der Waals surface area contributed by atoms with Crippen molar-refractivity contribution < 1.29 is 10.2 Å². The molecule has 1 aromatic heterocycles. The molecule has 2 unspecified atom stereocenters. The van der Waals surface area contributed by atoms with Crippen molar-refractivity contribution in [1.82, 2.24) is 10.3 Å². The summed E-state index contributed by atoms with van der Waals surface area (Å²) in [7, 11) is 1.85. The molecule has 0 fully saturated rings. The second-order valence-electron chi connectivity index (χ2n) is 8.99. The largest absolute Gasteiger partial charge is 0.508 e. The fourth-order valence-corrected chi connectivity index (χ4v) is 4.88. The molecule has 4 nitrogen and oxygen atoms in total. The zero-order valence-electron chi connectivity index (χ0n) is 17.6. The number of nitrogens with zero attached hydrogens (tertiary/aromatic N) is 1. The monoisotopic (exact) mass is 382 g/mol. The first-order valence-corrected chi connectivity index (χ1v) is 10.4. The van der Waals surface area contributed by atoms with Gasteiger partial charge in [-0.3, -0.25) is 4.98 Å². The average molecular weight is 383 g/mol. The number of likely N-dealkylation sites (N-methyl/N-ethyl adjacent to an activating group) is 1. The van der Waals surface area contributed by atoms with Crippen molar-refractivity contribution in [3.63, 3.8) is 0 Å². The number of phenolic OH excluding ortho intramolecular Hbond substituents is 1. The number of aromatic hydroxyl groups is 1. The summed E-state index contributed by atoms with van der Waals surface area (Å²) < 4.78 is 0. The Kier molecular flexibility index (Phi) is 6.41. The normalized spacial score (nSPS) is 19.7. The quantitative estimate of drug-likeness (QED) is 0.661. The molecule has 2 aromatic rings. The average Bonchev–Trinajstić information content (AvgIpc) is 2.78. The molecule has 1 aliphatic carbocycles. The van der Waals surface area contributed by atoms with Gasteiger partial charge < -0.3 is 15.5 Å². The third kappa shape index (κ3) is 4.56. The van der Waals surface area contributed by atoms with E-state index < -0.39 is 6.10 Å². The minimum absolute atomic E-state index is 0.0918. The van der Waals surface area contributed by atoms with E-state index in [0.717, 1.165) is 48.8 Å². The fraction of sp³-hybridized carbons (Fsp3) is 0.542. The van der Waals surface area contributed by atoms with Crippen LogP contribution in [-0.4, -0.2) is 28.8 Å². The molecular formula is C24H34N2O2. The van der Waals surface area contributed by atoms with E-state index in [1.54, 1.807) is 6.07 Å². The first kappa shape index (κ1) is 20.8. The van der Waals surface area contributed by atoms with Gasteiger partial charge >= 0.3 is 0 Å². The van der Waals surface area contributed by atoms with E-state index in [4.69, 9.17) is 0 Å². The summed E-state index contributed by atoms with van der Waals surface area (Å²) in [5.41, 5.74) is 5.70. The molecule has 0 spiro atoms. The van der Waals surface area contributed by atoms with E-state index in [1.807, 2.05) is 25.4 Å². The Bertz CT molecular complexity index is 816. The van der Waals surface area contributed by atoms with Gasteiger partial charge in [-0.2, -0.15) is 0 Å². The topological polar surface area (TPSA) is 65.4 Å². The number of nitrogens with one attached hydrogen (secondary N) is 1. The summed E-state index contributed by atoms with van der Waals surface area (Å²) in [6.45, 7) is 7.24. The Morgan fingerprint density at radius 3 is 2.75 bits per heavy atom. The van der Waals surface area contributed by atoms with Crippen molar-refractivity contribution in [2.24, 2.45) is 11.3 Å². The van der Waals surface area contributed by atoms with Crippen molar-refractivity contribution in [1.29, 1.82) is 0 Å². The zero-order valence-corrected chi connectivity index (χ0v) is 17.6. The maximum Gasteiger partial charge on any atom is 0.119 e. The van der Waals surface area contributed by atoms with E-state index in [0.29, 0.717) is 18.2 Å². The van der Waals surface area contributed by atoms with Crippen molar-refractivity contribution >= 4 is 0 Å². The molecule has 0 amide bonds. The summed E-state index contributed by atoms with van der Waals surface area (Å²) in [4.78, 5) is 4.56. The Labute approximate surface area is 169 Å². The van der Waals surface area contributed by atoms with Crippen LogP contribution in [0.15, 0.2) is 30.5 Å². The minimum atomic E-state index is -0.564. The third-order valence-electron chi connectivity index (χ3n) is 6.02. The van der Waals surface area contributed by atoms with Gasteiger partial charge in [0.25, 0.3) is 0 Å². The molecule has 1 aromatic carbocycles. The van der Waals surface area contributed by atoms with Crippen molar-refractivity contribution in [3.8, 4) is 5.75 Å². The molecule has 0 bridgehead atoms. The van der Waals surface area contributed by atoms with E-state index in [9.17, 15) is 10.2 Å². The molecule has 152 valence electrons. The molecule has 1 heterocycles. The molecule has 28 heavy (non-hydrogen) atoms. The van der Waals surface area contributed by atoms with E-state index in [1.165, 1.54) is 11.3 Å². The molecule has 0 saturated heterocycles. The molecule has 0 saturated carbocycles. The first-order chi connectivity index (χ1) is 13.3. The number of hydrogen-bond donors (Lipinski definition) is 3. The number of aromatic nitrogens is 1. The summed E-state index contributed by atoms with van der Waals surface area (Å²) >= 11 is 0. The summed E-state index contributed by atoms with van der Waals surface area (Å²) in [5.74, 6) is 0.813. The maximum absolute atomic E-state index is 10.7. The number of aryl methyl sites for hydroxylation is 1. The van der Waals surface area contributed by atoms with Gasteiger partial charge in [0.05, 0.1) is 6.10 Å². The van der Waals surface area contributed by atoms with E-state index in [2.05, 4.69) is 37.1 Å². The lowest BCUT2D eigenvalue weighted by Crippen LogP contribution is -2.20. The van der Waals surface area contributed by atoms with Crippen LogP contribution in [0.2, 0.25) is 0 Å². The van der Waals surface area contributed by atoms with Gasteiger partial charge in [0.2, 0.25) is 0 Å². The highest BCUT2D eigenvalue weighted by Gasteiger charge is 2.33. The predicted molar refractivity (Wildman–Crippen MR) is 114 cm³/mol. The van der Waals surface area contributed by atoms with Crippen LogP contribution in [0.25, 0.3) is 0 Å². The fourth-order valence-electron chi connectivity index (χ4n) is 4.88. The zero-order chi connectivity index (χ0) is 20.3. The van der Waals surface area contributed by atoms with Crippen LogP contribution in [0.1, 0.15) is 61.2 Å². The SMILES string of the molecule is CCc1ncccc1CC1Cc2c(C(O)CNC)ccc(O)c2CC(C)(C)C1. The Morgan fingerprint density at radius 1 is 1.25 bits per heavy atom. The van der Waals surface area contributed by atoms with Gasteiger partial charge in [0.1, 0.15) is 5.75 Å². The molecular weight excluding hydrogens is 348 g/mol. The highest BCUT2D eigenvalue weighted by molar-refractivity contribution is 5.47. The molecule has 3 N–H and O–H groups in total. The van der Waals surface area contributed by atoms with E-state index in [-0.39, 0.29) is 5.41 Å². The number of aliphatic hydroxyl groups excluding tert-OH is 1. The highest BCUT2D eigenvalue weighted by Crippen LogP contribution is 2.43. The second-order valence-corrected chi connectivity index (χ2v) is 8.99. The standard InChI is InChI=1S/C24H34N2O2/c1-5-21-17(7-6-10-26-21)11-16-12-19-18(23(28)15-25-4)8-9-22(27)20(19)14-24(2,3)13-16/h6-10,16,23,25,27-28H,5,11-15H2,1-4H3. The number of rotatable bonds is 6. The van der Waals surface area contributed by atoms with Gasteiger partial charge in [-0.15, -0.1) is 0 Å². The van der Waals surface area contributed by atoms with Crippen molar-refractivity contribution in [2.75, 3.05) is 13.6 Å². The molecule has 0 radical (unpaired) electrons. The maximum atomic E-state index is 10.7. The number of fused-ring (bicyclic) bond motifs is 1. The van der Waals surface area contributed by atoms with Crippen LogP contribution in [-0.2, 0) is 25.7 Å². The Hall–Kier alpha value is -1.91. The van der Waals surface area contributed by atoms with Crippen LogP contribution in [0, 0.1) is 11.3 Å². The lowest BCUT2D eigenvalue weighted by molar-refractivity contribution is 0.176. The van der Waals surface area contributed by atoms with Gasteiger partial charge in [0.15, 0.2) is 0 Å². The highest BCUT2D eigenvalue weighted by atomic mass is 16.3. The number of hydrogen-bond acceptors (Lipinski definition) is 4. The third-order valence-corrected chi connectivity index (χ3v) is 6.02. The predicted octanol–water partition coefficient (Wildman–Crippen LogP) is 3.98. The number of aliphatic hydroxyl groups is 1. The molecule has 1 aliphatic rings. The smallest absolute Gasteiger partial charge is 0.119 e. The number of benzene rings is 1. The molecule has 0 aliphatic heterocycles. The summed E-state index contributed by atoms with van der Waals surface area (Å²) in [6, 6.07) is 7.87. The van der Waals surface area contributed by atoms with Crippen LogP contribution >= 0.6 is 0 Å². The van der Waals surface area contributed by atoms with Crippen LogP contribution in [0.4, 0.5) is 0 Å². The van der Waals surface area contributed by atoms with Crippen molar-refractivity contribution in [3.05, 3.63) is 58.4 Å². The van der Waals surface area contributed by atoms with Crippen LogP contribution < -0.4 is 5.32 Å². The Morgan fingerprint density at radius 2 is 2.04 bits per heavy atom. The van der Waals surface area contributed by atoms with Gasteiger partial charge in [-0.05, 0) is 84.9 Å². The summed E-state index contributed by atoms with van der Waals surface area (Å²) in [6.07, 6.45) is 6.03. The first-order valence-electron chi connectivity index (χ1n) is 10.4. The second kappa shape index (κ2) is 8.62. The van der Waals surface area contributed by atoms with E-state index >= 15 is 0 Å². The van der Waals surface area contributed by atoms with Crippen LogP contribution in [0.5, 0.6) is 5.75 Å². The molecule has 3 rings (SSSR count). The van der Waals surface area contributed by atoms with Crippen LogP contribution in [0.3, 0.4) is 0 Å². The lowest BCUT2D eigenvalue weighted by Gasteiger charge is -2.27. The van der Waals surface area contributed by atoms with Gasteiger partial charge in [0, 0.05) is 18.4 Å². The van der Waals surface area contributed by atoms with Gasteiger partial charge in [-0.1, -0.05) is 32.9 Å².